The monoisotopic (exact) mass is 211 g/mol. The number of hydrogen-bond donors (Lipinski definition) is 1. The highest BCUT2D eigenvalue weighted by molar-refractivity contribution is 4.91. The molecule has 1 fully saturated rings. The van der Waals surface area contributed by atoms with Crippen LogP contribution in [0.2, 0.25) is 0 Å². The third-order valence-electron chi connectivity index (χ3n) is 2.64. The van der Waals surface area contributed by atoms with Gasteiger partial charge in [0.2, 0.25) is 11.8 Å². The summed E-state index contributed by atoms with van der Waals surface area (Å²) >= 11 is 0. The summed E-state index contributed by atoms with van der Waals surface area (Å²) in [6.07, 6.45) is 1.06. The molecular weight excluding hydrogens is 194 g/mol. The molecule has 0 aromatic carbocycles. The molecule has 2 unspecified atom stereocenters. The molecule has 15 heavy (non-hydrogen) atoms. The van der Waals surface area contributed by atoms with Gasteiger partial charge in [-0.25, -0.2) is 0 Å². The van der Waals surface area contributed by atoms with Crippen molar-refractivity contribution in [2.75, 3.05) is 13.2 Å². The standard InChI is InChI=1S/C10H17N3O2/c1-3-11-6-8-12-13-10(15-8)9-7(2)4-5-14-9/h7,9,11H,3-6H2,1-2H3. The molecule has 1 aliphatic rings. The molecule has 0 aliphatic carbocycles. The van der Waals surface area contributed by atoms with Crippen LogP contribution in [0.1, 0.15) is 38.2 Å². The number of hydrogen-bond acceptors (Lipinski definition) is 5. The number of nitrogens with one attached hydrogen (secondary N) is 1. The topological polar surface area (TPSA) is 60.2 Å². The molecule has 0 saturated carbocycles. The van der Waals surface area contributed by atoms with Crippen molar-refractivity contribution >= 4 is 0 Å². The second-order valence-corrected chi connectivity index (χ2v) is 3.87. The third kappa shape index (κ3) is 2.35. The van der Waals surface area contributed by atoms with Crippen molar-refractivity contribution in [1.82, 2.24) is 15.5 Å². The lowest BCUT2D eigenvalue weighted by Crippen LogP contribution is -2.11. The van der Waals surface area contributed by atoms with Gasteiger partial charge in [-0.15, -0.1) is 10.2 Å². The van der Waals surface area contributed by atoms with E-state index in [1.54, 1.807) is 0 Å². The molecular formula is C10H17N3O2. The normalized spacial score (nSPS) is 26.0. The molecule has 0 amide bonds. The van der Waals surface area contributed by atoms with Gasteiger partial charge in [-0.1, -0.05) is 13.8 Å². The number of rotatable bonds is 4. The highest BCUT2D eigenvalue weighted by atomic mass is 16.5. The summed E-state index contributed by atoms with van der Waals surface area (Å²) in [6, 6.07) is 0. The summed E-state index contributed by atoms with van der Waals surface area (Å²) in [5.74, 6) is 1.72. The Labute approximate surface area is 89.2 Å². The van der Waals surface area contributed by atoms with Crippen LogP contribution < -0.4 is 5.32 Å². The smallest absolute Gasteiger partial charge is 0.245 e. The van der Waals surface area contributed by atoms with Gasteiger partial charge < -0.3 is 14.5 Å². The van der Waals surface area contributed by atoms with Crippen molar-refractivity contribution in [2.45, 2.75) is 32.9 Å². The molecule has 1 N–H and O–H groups in total. The molecule has 84 valence electrons. The molecule has 1 aromatic rings. The quantitative estimate of drug-likeness (QED) is 0.812. The van der Waals surface area contributed by atoms with Gasteiger partial charge in [-0.2, -0.15) is 0 Å². The molecule has 2 atom stereocenters. The van der Waals surface area contributed by atoms with Gasteiger partial charge >= 0.3 is 0 Å². The lowest BCUT2D eigenvalue weighted by molar-refractivity contribution is 0.0703. The van der Waals surface area contributed by atoms with Crippen molar-refractivity contribution in [1.29, 1.82) is 0 Å². The maximum atomic E-state index is 5.55. The van der Waals surface area contributed by atoms with Gasteiger partial charge in [0, 0.05) is 6.61 Å². The summed E-state index contributed by atoms with van der Waals surface area (Å²) < 4.78 is 11.1. The van der Waals surface area contributed by atoms with Gasteiger partial charge in [0.25, 0.3) is 0 Å². The van der Waals surface area contributed by atoms with E-state index in [2.05, 4.69) is 22.4 Å². The van der Waals surface area contributed by atoms with E-state index < -0.39 is 0 Å². The largest absolute Gasteiger partial charge is 0.421 e. The van der Waals surface area contributed by atoms with Gasteiger partial charge in [0.05, 0.1) is 6.54 Å². The van der Waals surface area contributed by atoms with Crippen LogP contribution >= 0.6 is 0 Å². The number of ether oxygens (including phenoxy) is 1. The Morgan fingerprint density at radius 2 is 2.33 bits per heavy atom. The predicted molar refractivity (Wildman–Crippen MR) is 54.2 cm³/mol. The Morgan fingerprint density at radius 3 is 3.00 bits per heavy atom. The highest BCUT2D eigenvalue weighted by Gasteiger charge is 2.30. The lowest BCUT2D eigenvalue weighted by Gasteiger charge is -2.08. The number of aromatic nitrogens is 2. The molecule has 0 spiro atoms. The second-order valence-electron chi connectivity index (χ2n) is 3.87. The average molecular weight is 211 g/mol. The summed E-state index contributed by atoms with van der Waals surface area (Å²) in [6.45, 7) is 6.50. The summed E-state index contributed by atoms with van der Waals surface area (Å²) in [5, 5.41) is 11.1. The van der Waals surface area contributed by atoms with Crippen LogP contribution in [0.15, 0.2) is 4.42 Å². The average Bonchev–Trinajstić information content (AvgIpc) is 2.83. The zero-order valence-corrected chi connectivity index (χ0v) is 9.19. The summed E-state index contributed by atoms with van der Waals surface area (Å²) in [4.78, 5) is 0. The predicted octanol–water partition coefficient (Wildman–Crippen LogP) is 1.28. The van der Waals surface area contributed by atoms with Gasteiger partial charge in [0.1, 0.15) is 6.10 Å². The minimum atomic E-state index is -0.00660. The first-order valence-corrected chi connectivity index (χ1v) is 5.46. The van der Waals surface area contributed by atoms with Crippen LogP contribution in [0, 0.1) is 5.92 Å². The Hall–Kier alpha value is -0.940. The maximum absolute atomic E-state index is 5.55. The van der Waals surface area contributed by atoms with Crippen LogP contribution in [-0.2, 0) is 11.3 Å². The van der Waals surface area contributed by atoms with Crippen molar-refractivity contribution in [3.63, 3.8) is 0 Å². The van der Waals surface area contributed by atoms with Gasteiger partial charge in [-0.05, 0) is 18.9 Å². The lowest BCUT2D eigenvalue weighted by atomic mass is 10.0. The van der Waals surface area contributed by atoms with Crippen molar-refractivity contribution in [2.24, 2.45) is 5.92 Å². The van der Waals surface area contributed by atoms with E-state index in [1.807, 2.05) is 6.92 Å². The van der Waals surface area contributed by atoms with Crippen LogP contribution in [-0.4, -0.2) is 23.3 Å². The van der Waals surface area contributed by atoms with E-state index >= 15 is 0 Å². The van der Waals surface area contributed by atoms with E-state index in [-0.39, 0.29) is 6.10 Å². The van der Waals surface area contributed by atoms with Gasteiger partial charge in [0.15, 0.2) is 0 Å². The SMILES string of the molecule is CCNCc1nnc(C2OCCC2C)o1. The van der Waals surface area contributed by atoms with Crippen molar-refractivity contribution in [3.8, 4) is 0 Å². The first-order chi connectivity index (χ1) is 7.31. The van der Waals surface area contributed by atoms with Crippen LogP contribution in [0.25, 0.3) is 0 Å². The highest BCUT2D eigenvalue weighted by Crippen LogP contribution is 2.32. The van der Waals surface area contributed by atoms with E-state index in [4.69, 9.17) is 9.15 Å². The fourth-order valence-electron chi connectivity index (χ4n) is 1.70. The number of nitrogens with zero attached hydrogens (tertiary/aromatic N) is 2. The summed E-state index contributed by atoms with van der Waals surface area (Å²) in [5.41, 5.74) is 0. The van der Waals surface area contributed by atoms with Crippen LogP contribution in [0.5, 0.6) is 0 Å². The van der Waals surface area contributed by atoms with E-state index in [0.717, 1.165) is 19.6 Å². The fraction of sp³-hybridized carbons (Fsp3) is 0.800. The van der Waals surface area contributed by atoms with Crippen LogP contribution in [0.4, 0.5) is 0 Å². The molecule has 1 aliphatic heterocycles. The molecule has 5 heteroatoms. The summed E-state index contributed by atoms with van der Waals surface area (Å²) in [7, 11) is 0. The Morgan fingerprint density at radius 1 is 1.47 bits per heavy atom. The first kappa shape index (κ1) is 10.6. The second kappa shape index (κ2) is 4.72. The first-order valence-electron chi connectivity index (χ1n) is 5.46. The van der Waals surface area contributed by atoms with E-state index in [0.29, 0.717) is 24.2 Å². The maximum Gasteiger partial charge on any atom is 0.245 e. The zero-order chi connectivity index (χ0) is 10.7. The molecule has 5 nitrogen and oxygen atoms in total. The molecule has 0 radical (unpaired) electrons. The fourth-order valence-corrected chi connectivity index (χ4v) is 1.70. The zero-order valence-electron chi connectivity index (χ0n) is 9.19. The van der Waals surface area contributed by atoms with E-state index in [9.17, 15) is 0 Å². The molecule has 1 saturated heterocycles. The third-order valence-corrected chi connectivity index (χ3v) is 2.64. The Bertz CT molecular complexity index is 313. The Kier molecular flexibility index (Phi) is 3.33. The molecule has 1 aromatic heterocycles. The van der Waals surface area contributed by atoms with Crippen molar-refractivity contribution in [3.05, 3.63) is 11.8 Å². The Balaban J connectivity index is 1.99. The molecule has 2 heterocycles. The molecule has 2 rings (SSSR count). The molecule has 0 bridgehead atoms. The minimum absolute atomic E-state index is 0.00660. The van der Waals surface area contributed by atoms with Crippen LogP contribution in [0.3, 0.4) is 0 Å². The van der Waals surface area contributed by atoms with Gasteiger partial charge in [-0.3, -0.25) is 0 Å². The van der Waals surface area contributed by atoms with Crippen molar-refractivity contribution < 1.29 is 9.15 Å². The minimum Gasteiger partial charge on any atom is -0.421 e. The van der Waals surface area contributed by atoms with E-state index in [1.165, 1.54) is 0 Å².